The summed E-state index contributed by atoms with van der Waals surface area (Å²) in [4.78, 5) is 20.9. The van der Waals surface area contributed by atoms with Crippen molar-refractivity contribution >= 4 is 17.5 Å². The van der Waals surface area contributed by atoms with Crippen LogP contribution in [-0.2, 0) is 6.54 Å². The van der Waals surface area contributed by atoms with E-state index in [-0.39, 0.29) is 11.5 Å². The average molecular weight is 377 g/mol. The largest absolute Gasteiger partial charge is 0.351 e. The molecule has 5 nitrogen and oxygen atoms in total. The molecule has 1 N–H and O–H groups in total. The number of carbonyl (C=O) groups excluding carboxylic acids is 1. The van der Waals surface area contributed by atoms with Gasteiger partial charge in [-0.2, -0.15) is 0 Å². The van der Waals surface area contributed by atoms with Crippen molar-refractivity contribution < 1.29 is 9.18 Å². The number of hydrogen-bond acceptors (Lipinski definition) is 4. The van der Waals surface area contributed by atoms with Crippen LogP contribution in [0, 0.1) is 5.82 Å². The topological polar surface area (TPSA) is 48.5 Å². The number of carbonyl (C=O) groups is 1. The molecule has 0 aliphatic carbocycles. The molecule has 1 amide bonds. The van der Waals surface area contributed by atoms with Gasteiger partial charge in [-0.1, -0.05) is 23.7 Å². The number of pyridine rings is 1. The number of rotatable bonds is 6. The Bertz CT molecular complexity index is 750. The van der Waals surface area contributed by atoms with Gasteiger partial charge in [-0.25, -0.2) is 4.39 Å². The van der Waals surface area contributed by atoms with Gasteiger partial charge in [-0.15, -0.1) is 0 Å². The van der Waals surface area contributed by atoms with Crippen molar-refractivity contribution in [3.05, 3.63) is 64.7 Å². The molecule has 1 aliphatic heterocycles. The molecular formula is C19H22ClFN4O. The van der Waals surface area contributed by atoms with Crippen molar-refractivity contribution in [2.75, 3.05) is 39.3 Å². The first-order chi connectivity index (χ1) is 12.6. The second-order valence-electron chi connectivity index (χ2n) is 6.29. The lowest BCUT2D eigenvalue weighted by atomic mass is 10.2. The summed E-state index contributed by atoms with van der Waals surface area (Å²) < 4.78 is 13.6. The zero-order valence-corrected chi connectivity index (χ0v) is 15.3. The SMILES string of the molecule is O=C(NCCN1CCN(Cc2ncccc2Cl)CC1)c1ccccc1F. The van der Waals surface area contributed by atoms with Gasteiger partial charge in [-0.3, -0.25) is 19.6 Å². The van der Waals surface area contributed by atoms with Crippen LogP contribution in [0.4, 0.5) is 4.39 Å². The molecular weight excluding hydrogens is 355 g/mol. The molecule has 1 fully saturated rings. The first-order valence-electron chi connectivity index (χ1n) is 8.70. The van der Waals surface area contributed by atoms with Crippen LogP contribution in [0.25, 0.3) is 0 Å². The highest BCUT2D eigenvalue weighted by molar-refractivity contribution is 6.31. The van der Waals surface area contributed by atoms with Crippen molar-refractivity contribution in [3.63, 3.8) is 0 Å². The van der Waals surface area contributed by atoms with Crippen LogP contribution in [0.2, 0.25) is 5.02 Å². The second kappa shape index (κ2) is 9.07. The second-order valence-corrected chi connectivity index (χ2v) is 6.69. The minimum absolute atomic E-state index is 0.0876. The van der Waals surface area contributed by atoms with Crippen LogP contribution in [0.3, 0.4) is 0 Å². The Kier molecular flexibility index (Phi) is 6.55. The van der Waals surface area contributed by atoms with E-state index in [0.29, 0.717) is 11.6 Å². The van der Waals surface area contributed by atoms with E-state index in [9.17, 15) is 9.18 Å². The van der Waals surface area contributed by atoms with Crippen LogP contribution in [0.5, 0.6) is 0 Å². The first-order valence-corrected chi connectivity index (χ1v) is 9.08. The number of benzene rings is 1. The molecule has 1 aliphatic rings. The summed E-state index contributed by atoms with van der Waals surface area (Å²) in [6.45, 7) is 5.68. The smallest absolute Gasteiger partial charge is 0.254 e. The minimum Gasteiger partial charge on any atom is -0.351 e. The van der Waals surface area contributed by atoms with Crippen LogP contribution < -0.4 is 5.32 Å². The normalized spacial score (nSPS) is 15.8. The molecule has 0 saturated carbocycles. The molecule has 2 aromatic rings. The number of aromatic nitrogens is 1. The number of nitrogens with one attached hydrogen (secondary N) is 1. The Morgan fingerprint density at radius 3 is 2.58 bits per heavy atom. The van der Waals surface area contributed by atoms with E-state index in [1.165, 1.54) is 12.1 Å². The number of nitrogens with zero attached hydrogens (tertiary/aromatic N) is 3. The summed E-state index contributed by atoms with van der Waals surface area (Å²) in [6, 6.07) is 9.71. The Morgan fingerprint density at radius 1 is 1.12 bits per heavy atom. The summed E-state index contributed by atoms with van der Waals surface area (Å²) in [7, 11) is 0. The first kappa shape index (κ1) is 18.8. The molecule has 138 valence electrons. The molecule has 0 spiro atoms. The van der Waals surface area contributed by atoms with Gasteiger partial charge in [0.05, 0.1) is 16.3 Å². The molecule has 0 atom stereocenters. The fourth-order valence-corrected chi connectivity index (χ4v) is 3.17. The fourth-order valence-electron chi connectivity index (χ4n) is 2.99. The van der Waals surface area contributed by atoms with E-state index in [1.54, 1.807) is 18.3 Å². The number of halogens is 2. The maximum Gasteiger partial charge on any atom is 0.254 e. The third-order valence-electron chi connectivity index (χ3n) is 4.51. The summed E-state index contributed by atoms with van der Waals surface area (Å²) in [6.07, 6.45) is 1.76. The number of piperazine rings is 1. The zero-order valence-electron chi connectivity index (χ0n) is 14.5. The van der Waals surface area contributed by atoms with Gasteiger partial charge >= 0.3 is 0 Å². The van der Waals surface area contributed by atoms with E-state index in [0.717, 1.165) is 45.0 Å². The third-order valence-corrected chi connectivity index (χ3v) is 4.85. The minimum atomic E-state index is -0.494. The summed E-state index contributed by atoms with van der Waals surface area (Å²) >= 11 is 6.17. The predicted molar refractivity (Wildman–Crippen MR) is 99.7 cm³/mol. The number of amides is 1. The van der Waals surface area contributed by atoms with Gasteiger partial charge in [0.25, 0.3) is 5.91 Å². The lowest BCUT2D eigenvalue weighted by Gasteiger charge is -2.34. The van der Waals surface area contributed by atoms with Crippen LogP contribution >= 0.6 is 11.6 Å². The highest BCUT2D eigenvalue weighted by Crippen LogP contribution is 2.15. The van der Waals surface area contributed by atoms with E-state index in [4.69, 9.17) is 11.6 Å². The highest BCUT2D eigenvalue weighted by Gasteiger charge is 2.18. The average Bonchev–Trinajstić information content (AvgIpc) is 2.65. The standard InChI is InChI=1S/C19H22ClFN4O/c20-16-5-3-7-22-18(16)14-25-12-10-24(11-13-25)9-8-23-19(26)15-4-1-2-6-17(15)21/h1-7H,8-14H2,(H,23,26). The Labute approximate surface area is 157 Å². The Morgan fingerprint density at radius 2 is 1.85 bits per heavy atom. The third kappa shape index (κ3) is 5.00. The van der Waals surface area contributed by atoms with E-state index >= 15 is 0 Å². The van der Waals surface area contributed by atoms with Crippen molar-refractivity contribution in [2.24, 2.45) is 0 Å². The van der Waals surface area contributed by atoms with Gasteiger partial charge in [0.1, 0.15) is 5.82 Å². The van der Waals surface area contributed by atoms with Crippen LogP contribution in [0.15, 0.2) is 42.6 Å². The van der Waals surface area contributed by atoms with Gasteiger partial charge in [0, 0.05) is 52.0 Å². The van der Waals surface area contributed by atoms with E-state index in [2.05, 4.69) is 20.1 Å². The van der Waals surface area contributed by atoms with Gasteiger partial charge in [-0.05, 0) is 24.3 Å². The molecule has 1 saturated heterocycles. The van der Waals surface area contributed by atoms with Gasteiger partial charge in [0.15, 0.2) is 0 Å². The quantitative estimate of drug-likeness (QED) is 0.841. The lowest BCUT2D eigenvalue weighted by Crippen LogP contribution is -2.48. The van der Waals surface area contributed by atoms with Crippen molar-refractivity contribution in [1.29, 1.82) is 0 Å². The van der Waals surface area contributed by atoms with E-state index in [1.807, 2.05) is 12.1 Å². The number of hydrogen-bond donors (Lipinski definition) is 1. The van der Waals surface area contributed by atoms with Crippen LogP contribution in [0.1, 0.15) is 16.1 Å². The summed E-state index contributed by atoms with van der Waals surface area (Å²) in [5.41, 5.74) is 0.990. The monoisotopic (exact) mass is 376 g/mol. The molecule has 3 rings (SSSR count). The lowest BCUT2D eigenvalue weighted by molar-refractivity contribution is 0.0930. The van der Waals surface area contributed by atoms with Crippen molar-refractivity contribution in [3.8, 4) is 0 Å². The molecule has 0 bridgehead atoms. The maximum atomic E-state index is 13.6. The Balaban J connectivity index is 1.39. The van der Waals surface area contributed by atoms with E-state index < -0.39 is 5.82 Å². The molecule has 0 unspecified atom stereocenters. The molecule has 7 heteroatoms. The predicted octanol–water partition coefficient (Wildman–Crippen LogP) is 2.42. The molecule has 1 aromatic heterocycles. The van der Waals surface area contributed by atoms with Crippen LogP contribution in [-0.4, -0.2) is 60.0 Å². The van der Waals surface area contributed by atoms with Gasteiger partial charge in [0.2, 0.25) is 0 Å². The fraction of sp³-hybridized carbons (Fsp3) is 0.368. The highest BCUT2D eigenvalue weighted by atomic mass is 35.5. The zero-order chi connectivity index (χ0) is 18.4. The molecule has 26 heavy (non-hydrogen) atoms. The van der Waals surface area contributed by atoms with Crippen molar-refractivity contribution in [2.45, 2.75) is 6.54 Å². The Hall–Kier alpha value is -2.02. The maximum absolute atomic E-state index is 13.6. The van der Waals surface area contributed by atoms with Gasteiger partial charge < -0.3 is 5.32 Å². The molecule has 0 radical (unpaired) electrons. The van der Waals surface area contributed by atoms with Crippen molar-refractivity contribution in [1.82, 2.24) is 20.1 Å². The molecule has 1 aromatic carbocycles. The summed E-state index contributed by atoms with van der Waals surface area (Å²) in [5.74, 6) is -0.863. The molecule has 2 heterocycles. The summed E-state index contributed by atoms with van der Waals surface area (Å²) in [5, 5.41) is 3.48.